The van der Waals surface area contributed by atoms with Crippen LogP contribution in [-0.4, -0.2) is 20.8 Å². The summed E-state index contributed by atoms with van der Waals surface area (Å²) in [5, 5.41) is 13.6. The molecule has 8 nitrogen and oxygen atoms in total. The molecule has 2 aromatic heterocycles. The van der Waals surface area contributed by atoms with Crippen molar-refractivity contribution >= 4 is 34.6 Å². The van der Waals surface area contributed by atoms with Crippen molar-refractivity contribution in [3.8, 4) is 11.5 Å². The fourth-order valence-corrected chi connectivity index (χ4v) is 2.72. The third kappa shape index (κ3) is 4.16. The molecule has 0 radical (unpaired) electrons. The van der Waals surface area contributed by atoms with Crippen molar-refractivity contribution in [3.63, 3.8) is 0 Å². The number of carbonyl (C=O) groups is 1. The maximum atomic E-state index is 12.2. The van der Waals surface area contributed by atoms with Crippen LogP contribution in [-0.2, 0) is 4.79 Å². The van der Waals surface area contributed by atoms with Gasteiger partial charge < -0.3 is 9.73 Å². The van der Waals surface area contributed by atoms with Gasteiger partial charge in [-0.2, -0.15) is 4.98 Å². The van der Waals surface area contributed by atoms with Crippen molar-refractivity contribution in [1.82, 2.24) is 9.97 Å². The Labute approximate surface area is 164 Å². The van der Waals surface area contributed by atoms with Crippen LogP contribution < -0.4 is 5.32 Å². The number of rotatable bonds is 5. The minimum absolute atomic E-state index is 0.0342. The fraction of sp³-hybridized carbons (Fsp3) is 0. The van der Waals surface area contributed by atoms with Gasteiger partial charge in [0.15, 0.2) is 11.2 Å². The monoisotopic (exact) mass is 386 g/mol. The highest BCUT2D eigenvalue weighted by molar-refractivity contribution is 6.02. The lowest BCUT2D eigenvalue weighted by Crippen LogP contribution is -2.07. The molecule has 0 aliphatic rings. The average molecular weight is 386 g/mol. The molecule has 0 aliphatic heterocycles. The van der Waals surface area contributed by atoms with E-state index >= 15 is 0 Å². The van der Waals surface area contributed by atoms with Gasteiger partial charge in [0.1, 0.15) is 0 Å². The number of nitrogens with zero attached hydrogens (tertiary/aromatic N) is 3. The number of oxazole rings is 1. The van der Waals surface area contributed by atoms with Crippen LogP contribution in [0.3, 0.4) is 0 Å². The van der Waals surface area contributed by atoms with Gasteiger partial charge in [0.25, 0.3) is 5.69 Å². The molecule has 4 aromatic rings. The number of hydrogen-bond donors (Lipinski definition) is 1. The van der Waals surface area contributed by atoms with E-state index in [1.807, 2.05) is 6.07 Å². The van der Waals surface area contributed by atoms with Gasteiger partial charge in [-0.05, 0) is 42.0 Å². The minimum Gasteiger partial charge on any atom is -0.434 e. The van der Waals surface area contributed by atoms with E-state index in [1.165, 1.54) is 24.3 Å². The van der Waals surface area contributed by atoms with E-state index in [9.17, 15) is 14.9 Å². The van der Waals surface area contributed by atoms with Crippen molar-refractivity contribution in [2.24, 2.45) is 0 Å². The molecule has 29 heavy (non-hydrogen) atoms. The van der Waals surface area contributed by atoms with Crippen LogP contribution in [0, 0.1) is 10.1 Å². The van der Waals surface area contributed by atoms with E-state index in [-0.39, 0.29) is 11.6 Å². The molecule has 0 aliphatic carbocycles. The van der Waals surface area contributed by atoms with Gasteiger partial charge >= 0.3 is 0 Å². The molecule has 0 fully saturated rings. The molecule has 0 unspecified atom stereocenters. The van der Waals surface area contributed by atoms with Crippen LogP contribution in [0.15, 0.2) is 77.4 Å². The van der Waals surface area contributed by atoms with Crippen LogP contribution in [0.4, 0.5) is 11.4 Å². The highest BCUT2D eigenvalue weighted by atomic mass is 16.6. The Kier molecular flexibility index (Phi) is 4.81. The lowest BCUT2D eigenvalue weighted by molar-refractivity contribution is -0.384. The Balaban J connectivity index is 1.49. The first-order valence-corrected chi connectivity index (χ1v) is 8.64. The fourth-order valence-electron chi connectivity index (χ4n) is 2.72. The van der Waals surface area contributed by atoms with E-state index in [4.69, 9.17) is 4.42 Å². The largest absolute Gasteiger partial charge is 0.434 e. The average Bonchev–Trinajstić information content (AvgIpc) is 3.17. The number of nitro benzene ring substituents is 1. The van der Waals surface area contributed by atoms with E-state index in [0.29, 0.717) is 33.9 Å². The molecule has 0 bridgehead atoms. The number of pyridine rings is 1. The number of aromatic nitrogens is 2. The van der Waals surface area contributed by atoms with Crippen LogP contribution in [0.25, 0.3) is 28.8 Å². The maximum absolute atomic E-state index is 12.2. The first kappa shape index (κ1) is 18.1. The summed E-state index contributed by atoms with van der Waals surface area (Å²) in [7, 11) is 0. The number of hydrogen-bond acceptors (Lipinski definition) is 6. The van der Waals surface area contributed by atoms with E-state index < -0.39 is 4.92 Å². The van der Waals surface area contributed by atoms with Crippen molar-refractivity contribution < 1.29 is 14.1 Å². The number of carbonyl (C=O) groups excluding carboxylic acids is 1. The molecule has 2 aromatic carbocycles. The normalized spacial score (nSPS) is 11.0. The summed E-state index contributed by atoms with van der Waals surface area (Å²) >= 11 is 0. The van der Waals surface area contributed by atoms with Crippen LogP contribution >= 0.6 is 0 Å². The summed E-state index contributed by atoms with van der Waals surface area (Å²) in [4.78, 5) is 31.0. The summed E-state index contributed by atoms with van der Waals surface area (Å²) < 4.78 is 5.69. The second-order valence-electron chi connectivity index (χ2n) is 6.10. The van der Waals surface area contributed by atoms with Crippen molar-refractivity contribution in [2.75, 3.05) is 5.32 Å². The lowest BCUT2D eigenvalue weighted by atomic mass is 10.2. The second kappa shape index (κ2) is 7.73. The van der Waals surface area contributed by atoms with Crippen molar-refractivity contribution in [1.29, 1.82) is 0 Å². The number of nitrogens with one attached hydrogen (secondary N) is 1. The molecule has 2 heterocycles. The van der Waals surface area contributed by atoms with Gasteiger partial charge in [0.2, 0.25) is 11.8 Å². The first-order chi connectivity index (χ1) is 14.1. The van der Waals surface area contributed by atoms with Gasteiger partial charge in [-0.1, -0.05) is 18.2 Å². The van der Waals surface area contributed by atoms with Crippen LogP contribution in [0.1, 0.15) is 5.56 Å². The van der Waals surface area contributed by atoms with Crippen molar-refractivity contribution in [3.05, 3.63) is 88.6 Å². The number of amides is 1. The third-order valence-electron chi connectivity index (χ3n) is 4.05. The molecule has 0 saturated carbocycles. The highest BCUT2D eigenvalue weighted by Gasteiger charge is 2.10. The molecule has 0 atom stereocenters. The summed E-state index contributed by atoms with van der Waals surface area (Å²) in [6, 6.07) is 16.7. The number of non-ortho nitro benzene ring substituents is 1. The van der Waals surface area contributed by atoms with Gasteiger partial charge in [-0.15, -0.1) is 0 Å². The quantitative estimate of drug-likeness (QED) is 0.308. The number of fused-ring (bicyclic) bond motifs is 1. The third-order valence-corrected chi connectivity index (χ3v) is 4.05. The molecular formula is C21H14N4O4. The second-order valence-corrected chi connectivity index (χ2v) is 6.10. The first-order valence-electron chi connectivity index (χ1n) is 8.64. The van der Waals surface area contributed by atoms with Gasteiger partial charge in [0, 0.05) is 35.7 Å². The minimum atomic E-state index is -0.482. The Morgan fingerprint density at radius 1 is 1.10 bits per heavy atom. The SMILES string of the molecule is O=C(C=Cc1cccc([N+](=O)[O-])c1)Nc1cccc(-c2nc3ncccc3o2)c1. The predicted octanol–water partition coefficient (Wildman–Crippen LogP) is 4.45. The summed E-state index contributed by atoms with van der Waals surface area (Å²) in [6.45, 7) is 0. The maximum Gasteiger partial charge on any atom is 0.270 e. The molecule has 8 heteroatoms. The van der Waals surface area contributed by atoms with E-state index in [2.05, 4.69) is 15.3 Å². The van der Waals surface area contributed by atoms with E-state index in [0.717, 1.165) is 0 Å². The molecule has 0 saturated heterocycles. The Morgan fingerprint density at radius 2 is 1.97 bits per heavy atom. The summed E-state index contributed by atoms with van der Waals surface area (Å²) in [5.41, 5.74) is 2.87. The van der Waals surface area contributed by atoms with Crippen LogP contribution in [0.5, 0.6) is 0 Å². The molecule has 142 valence electrons. The lowest BCUT2D eigenvalue weighted by Gasteiger charge is -2.03. The Morgan fingerprint density at radius 3 is 2.79 bits per heavy atom. The van der Waals surface area contributed by atoms with Gasteiger partial charge in [-0.3, -0.25) is 14.9 Å². The number of anilines is 1. The molecule has 4 rings (SSSR count). The van der Waals surface area contributed by atoms with Gasteiger partial charge in [-0.25, -0.2) is 4.98 Å². The number of benzene rings is 2. The van der Waals surface area contributed by atoms with Crippen LogP contribution in [0.2, 0.25) is 0 Å². The number of nitro groups is 1. The zero-order valence-corrected chi connectivity index (χ0v) is 15.0. The van der Waals surface area contributed by atoms with Gasteiger partial charge in [0.05, 0.1) is 4.92 Å². The predicted molar refractivity (Wildman–Crippen MR) is 108 cm³/mol. The molecular weight excluding hydrogens is 372 g/mol. The van der Waals surface area contributed by atoms with Crippen molar-refractivity contribution in [2.45, 2.75) is 0 Å². The smallest absolute Gasteiger partial charge is 0.270 e. The zero-order chi connectivity index (χ0) is 20.2. The standard InChI is InChI=1S/C21H14N4O4/c26-19(10-9-14-4-1-7-17(12-14)25(27)28)23-16-6-2-5-15(13-16)21-24-20-18(29-21)8-3-11-22-20/h1-13H,(H,23,26). The summed E-state index contributed by atoms with van der Waals surface area (Å²) in [6.07, 6.45) is 4.46. The Bertz CT molecular complexity index is 1210. The molecule has 1 N–H and O–H groups in total. The van der Waals surface area contributed by atoms with E-state index in [1.54, 1.807) is 48.7 Å². The molecule has 0 spiro atoms. The topological polar surface area (TPSA) is 111 Å². The zero-order valence-electron chi connectivity index (χ0n) is 15.0. The summed E-state index contributed by atoms with van der Waals surface area (Å²) in [5.74, 6) is 0.0369. The molecule has 1 amide bonds. The highest BCUT2D eigenvalue weighted by Crippen LogP contribution is 2.25. The Hall–Kier alpha value is -4.33.